The molecule has 34 heavy (non-hydrogen) atoms. The molecule has 0 saturated carbocycles. The highest BCUT2D eigenvalue weighted by atomic mass is 19.4. The highest BCUT2D eigenvalue weighted by molar-refractivity contribution is 5.99. The van der Waals surface area contributed by atoms with Gasteiger partial charge in [0.1, 0.15) is 5.69 Å². The summed E-state index contributed by atoms with van der Waals surface area (Å²) in [4.78, 5) is 2.24. The van der Waals surface area contributed by atoms with Gasteiger partial charge in [0.2, 0.25) is 0 Å². The number of halogens is 3. The van der Waals surface area contributed by atoms with E-state index in [2.05, 4.69) is 37.6 Å². The number of aryl methyl sites for hydroxylation is 1. The molecule has 5 rings (SSSR count). The zero-order valence-electron chi connectivity index (χ0n) is 18.8. The van der Waals surface area contributed by atoms with Gasteiger partial charge in [-0.25, -0.2) is 0 Å². The van der Waals surface area contributed by atoms with Crippen LogP contribution < -0.4 is 10.2 Å². The summed E-state index contributed by atoms with van der Waals surface area (Å²) in [6.07, 6.45) is -0.828. The van der Waals surface area contributed by atoms with Gasteiger partial charge in [0.25, 0.3) is 0 Å². The van der Waals surface area contributed by atoms with Crippen LogP contribution in [-0.2, 0) is 19.8 Å². The van der Waals surface area contributed by atoms with Crippen molar-refractivity contribution in [3.63, 3.8) is 0 Å². The summed E-state index contributed by atoms with van der Waals surface area (Å²) in [6.45, 7) is 2.00. The van der Waals surface area contributed by atoms with Crippen LogP contribution in [-0.4, -0.2) is 39.1 Å². The second kappa shape index (κ2) is 9.06. The van der Waals surface area contributed by atoms with Gasteiger partial charge in [0, 0.05) is 49.7 Å². The van der Waals surface area contributed by atoms with Crippen LogP contribution in [0.4, 0.5) is 19.0 Å². The van der Waals surface area contributed by atoms with Crippen molar-refractivity contribution < 1.29 is 13.2 Å². The summed E-state index contributed by atoms with van der Waals surface area (Å²) in [5, 5.41) is 18.9. The fourth-order valence-electron chi connectivity index (χ4n) is 4.53. The van der Waals surface area contributed by atoms with E-state index in [9.17, 15) is 13.2 Å². The third-order valence-electron chi connectivity index (χ3n) is 6.38. The van der Waals surface area contributed by atoms with Gasteiger partial charge in [-0.1, -0.05) is 42.5 Å². The first-order valence-corrected chi connectivity index (χ1v) is 11.3. The maximum absolute atomic E-state index is 13.0. The Hall–Kier alpha value is -3.46. The van der Waals surface area contributed by atoms with Crippen LogP contribution >= 0.6 is 0 Å². The van der Waals surface area contributed by atoms with E-state index in [1.54, 1.807) is 16.9 Å². The van der Waals surface area contributed by atoms with Crippen LogP contribution in [0, 0.1) is 0 Å². The number of anilines is 1. The lowest BCUT2D eigenvalue weighted by atomic mass is 10.0. The van der Waals surface area contributed by atoms with Crippen molar-refractivity contribution in [2.45, 2.75) is 31.6 Å². The molecule has 6 nitrogen and oxygen atoms in total. The summed E-state index contributed by atoms with van der Waals surface area (Å²) in [6, 6.07) is 15.8. The Morgan fingerprint density at radius 1 is 0.971 bits per heavy atom. The summed E-state index contributed by atoms with van der Waals surface area (Å²) in [5.41, 5.74) is 1.74. The molecule has 1 saturated heterocycles. The molecule has 2 aromatic heterocycles. The second-order valence-electron chi connectivity index (χ2n) is 8.60. The van der Waals surface area contributed by atoms with Crippen molar-refractivity contribution in [1.29, 1.82) is 0 Å². The van der Waals surface area contributed by atoms with Crippen molar-refractivity contribution in [2.75, 3.05) is 18.0 Å². The van der Waals surface area contributed by atoms with Crippen molar-refractivity contribution in [2.24, 2.45) is 7.05 Å². The van der Waals surface area contributed by atoms with Gasteiger partial charge in [-0.05, 0) is 30.5 Å². The highest BCUT2D eigenvalue weighted by Gasteiger charge is 2.30. The zero-order valence-corrected chi connectivity index (χ0v) is 18.8. The van der Waals surface area contributed by atoms with E-state index >= 15 is 0 Å². The molecule has 0 spiro atoms. The first-order chi connectivity index (χ1) is 16.4. The monoisotopic (exact) mass is 466 g/mol. The molecule has 0 aliphatic carbocycles. The molecule has 4 aromatic rings. The van der Waals surface area contributed by atoms with Gasteiger partial charge in [-0.15, -0.1) is 10.2 Å². The first kappa shape index (κ1) is 22.3. The summed E-state index contributed by atoms with van der Waals surface area (Å²) >= 11 is 0. The van der Waals surface area contributed by atoms with Gasteiger partial charge < -0.3 is 10.2 Å². The molecule has 1 N–H and O–H groups in total. The summed E-state index contributed by atoms with van der Waals surface area (Å²) < 4.78 is 40.7. The molecule has 1 fully saturated rings. The fourth-order valence-corrected chi connectivity index (χ4v) is 4.53. The number of benzene rings is 2. The molecule has 176 valence electrons. The molecule has 1 aliphatic rings. The Balaban J connectivity index is 1.27. The van der Waals surface area contributed by atoms with Crippen LogP contribution in [0.3, 0.4) is 0 Å². The highest BCUT2D eigenvalue weighted by Crippen LogP contribution is 2.32. The number of piperidine rings is 1. The van der Waals surface area contributed by atoms with Crippen LogP contribution in [0.25, 0.3) is 22.2 Å². The Labute approximate surface area is 195 Å². The summed E-state index contributed by atoms with van der Waals surface area (Å²) in [5.74, 6) is 0.859. The summed E-state index contributed by atoms with van der Waals surface area (Å²) in [7, 11) is 1.89. The quantitative estimate of drug-likeness (QED) is 0.458. The number of hydrogen-bond donors (Lipinski definition) is 1. The zero-order chi connectivity index (χ0) is 23.7. The number of rotatable bonds is 5. The lowest BCUT2D eigenvalue weighted by Gasteiger charge is -2.33. The van der Waals surface area contributed by atoms with Crippen LogP contribution in [0.1, 0.15) is 24.0 Å². The molecule has 0 atom stereocenters. The minimum atomic E-state index is -4.32. The number of alkyl halides is 3. The fraction of sp³-hybridized carbons (Fsp3) is 0.320. The molecular formula is C25H25F3N6. The predicted octanol–water partition coefficient (Wildman–Crippen LogP) is 4.81. The van der Waals surface area contributed by atoms with Crippen LogP contribution in [0.5, 0.6) is 0 Å². The van der Waals surface area contributed by atoms with E-state index < -0.39 is 11.7 Å². The van der Waals surface area contributed by atoms with Gasteiger partial charge >= 0.3 is 6.18 Å². The lowest BCUT2D eigenvalue weighted by molar-refractivity contribution is -0.137. The smallest absolute Gasteiger partial charge is 0.354 e. The van der Waals surface area contributed by atoms with E-state index in [1.165, 1.54) is 12.1 Å². The van der Waals surface area contributed by atoms with E-state index in [0.29, 0.717) is 12.1 Å². The maximum Gasteiger partial charge on any atom is 0.416 e. The van der Waals surface area contributed by atoms with Crippen LogP contribution in [0.15, 0.2) is 60.8 Å². The van der Waals surface area contributed by atoms with E-state index in [1.807, 2.05) is 25.2 Å². The molecule has 0 unspecified atom stereocenters. The van der Waals surface area contributed by atoms with Gasteiger partial charge in [-0.2, -0.15) is 18.3 Å². The van der Waals surface area contributed by atoms with Gasteiger partial charge in [-0.3, -0.25) is 4.68 Å². The number of hydrogen-bond acceptors (Lipinski definition) is 5. The number of fused-ring (bicyclic) bond motifs is 1. The number of aromatic nitrogens is 4. The van der Waals surface area contributed by atoms with Gasteiger partial charge in [0.05, 0.1) is 11.3 Å². The maximum atomic E-state index is 13.0. The minimum absolute atomic E-state index is 0.235. The molecule has 3 heterocycles. The van der Waals surface area contributed by atoms with E-state index in [0.717, 1.165) is 60.0 Å². The average Bonchev–Trinajstić information content (AvgIpc) is 3.27. The first-order valence-electron chi connectivity index (χ1n) is 11.3. The Bertz CT molecular complexity index is 1290. The SMILES string of the molecule is Cn1nccc1-c1nnc(N2CCC(NCc3cccc(C(F)(F)F)c3)CC2)c2ccccc12. The third-order valence-corrected chi connectivity index (χ3v) is 6.38. The third kappa shape index (κ3) is 4.48. The molecule has 0 bridgehead atoms. The normalized spacial score (nSPS) is 15.2. The van der Waals surface area contributed by atoms with Crippen molar-refractivity contribution in [3.05, 3.63) is 71.9 Å². The Morgan fingerprint density at radius 2 is 1.74 bits per heavy atom. The molecule has 2 aromatic carbocycles. The van der Waals surface area contributed by atoms with E-state index in [-0.39, 0.29) is 6.04 Å². The number of nitrogens with one attached hydrogen (secondary N) is 1. The predicted molar refractivity (Wildman–Crippen MR) is 125 cm³/mol. The largest absolute Gasteiger partial charge is 0.416 e. The van der Waals surface area contributed by atoms with Crippen molar-refractivity contribution in [3.8, 4) is 11.4 Å². The average molecular weight is 467 g/mol. The van der Waals surface area contributed by atoms with Crippen molar-refractivity contribution in [1.82, 2.24) is 25.3 Å². The molecule has 1 aliphatic heterocycles. The number of nitrogens with zero attached hydrogens (tertiary/aromatic N) is 5. The standard InChI is InChI=1S/C25H25F3N6/c1-33-22(9-12-30-33)23-20-7-2-3-8-21(20)24(32-31-23)34-13-10-19(11-14-34)29-16-17-5-4-6-18(15-17)25(26,27)28/h2-9,12,15,19,29H,10-11,13-14,16H2,1H3. The Morgan fingerprint density at radius 3 is 2.44 bits per heavy atom. The minimum Gasteiger partial charge on any atom is -0.354 e. The topological polar surface area (TPSA) is 58.9 Å². The van der Waals surface area contributed by atoms with Crippen molar-refractivity contribution >= 4 is 16.6 Å². The second-order valence-corrected chi connectivity index (χ2v) is 8.60. The Kier molecular flexibility index (Phi) is 5.95. The molecule has 0 radical (unpaired) electrons. The van der Waals surface area contributed by atoms with Gasteiger partial charge in [0.15, 0.2) is 5.82 Å². The lowest BCUT2D eigenvalue weighted by Crippen LogP contribution is -2.42. The van der Waals surface area contributed by atoms with E-state index in [4.69, 9.17) is 0 Å². The molecule has 0 amide bonds. The van der Waals surface area contributed by atoms with Crippen LogP contribution in [0.2, 0.25) is 0 Å². The molecule has 9 heteroatoms. The molecular weight excluding hydrogens is 441 g/mol.